The number of carboxylic acid groups (broad SMARTS) is 2. The normalized spacial score (nSPS) is 10.2. The Kier molecular flexibility index (Phi) is 5.64. The fraction of sp³-hybridized carbons (Fsp3) is 0.385. The summed E-state index contributed by atoms with van der Waals surface area (Å²) in [5.74, 6) is -2.49. The second kappa shape index (κ2) is 7.22. The van der Waals surface area contributed by atoms with Crippen molar-refractivity contribution in [2.45, 2.75) is 32.1 Å². The van der Waals surface area contributed by atoms with Crippen LogP contribution in [0.3, 0.4) is 0 Å². The van der Waals surface area contributed by atoms with E-state index in [1.54, 1.807) is 0 Å². The maximum atomic E-state index is 11.8. The molecule has 1 aromatic rings. The molecule has 1 rings (SSSR count). The Labute approximate surface area is 114 Å². The summed E-state index contributed by atoms with van der Waals surface area (Å²) < 4.78 is 0. The van der Waals surface area contributed by atoms with Crippen LogP contribution in [0.1, 0.15) is 41.9 Å². The number of ketones is 1. The summed E-state index contributed by atoms with van der Waals surface area (Å²) in [4.78, 5) is 36.5. The zero-order valence-corrected chi connectivity index (χ0v) is 10.7. The molecule has 0 saturated heterocycles. The van der Waals surface area contributed by atoms with E-state index < -0.39 is 11.9 Å². The molecule has 1 aromatic heterocycles. The molecule has 3 N–H and O–H groups in total. The van der Waals surface area contributed by atoms with Crippen LogP contribution in [0.2, 0.25) is 0 Å². The molecule has 7 heteroatoms. The lowest BCUT2D eigenvalue weighted by atomic mass is 10.1. The second-order valence-electron chi connectivity index (χ2n) is 4.23. The van der Waals surface area contributed by atoms with Gasteiger partial charge in [0.15, 0.2) is 5.78 Å². The molecule has 20 heavy (non-hydrogen) atoms. The van der Waals surface area contributed by atoms with Crippen LogP contribution in [0.4, 0.5) is 0 Å². The quantitative estimate of drug-likeness (QED) is 0.612. The Morgan fingerprint density at radius 2 is 1.65 bits per heavy atom. The first-order valence-corrected chi connectivity index (χ1v) is 6.06. The highest BCUT2D eigenvalue weighted by molar-refractivity contribution is 5.94. The van der Waals surface area contributed by atoms with E-state index in [1.807, 2.05) is 0 Å². The fourth-order valence-corrected chi connectivity index (χ4v) is 1.59. The van der Waals surface area contributed by atoms with E-state index in [-0.39, 0.29) is 55.0 Å². The number of rotatable bonds is 8. The largest absolute Gasteiger partial charge is 0.506 e. The SMILES string of the molecule is O=C(O)CCCC(=O)c1ccc(O)c(CCC(=O)O)n1. The Morgan fingerprint density at radius 3 is 2.25 bits per heavy atom. The zero-order valence-electron chi connectivity index (χ0n) is 10.7. The number of Topliss-reactive ketones (excluding diaryl/α,β-unsaturated/α-hetero) is 1. The standard InChI is InChI=1S/C13H15NO6/c15-10(2-1-3-12(17)18)8-4-6-11(16)9(14-8)5-7-13(19)20/h4,6,16H,1-3,5,7H2,(H,17,18)(H,19,20). The van der Waals surface area contributed by atoms with Crippen molar-refractivity contribution in [1.82, 2.24) is 4.98 Å². The summed E-state index contributed by atoms with van der Waals surface area (Å²) in [6.45, 7) is 0. The van der Waals surface area contributed by atoms with Crippen LogP contribution in [0, 0.1) is 0 Å². The minimum Gasteiger partial charge on any atom is -0.506 e. The molecule has 0 fully saturated rings. The third kappa shape index (κ3) is 5.05. The Bertz CT molecular complexity index is 526. The van der Waals surface area contributed by atoms with Crippen molar-refractivity contribution in [3.05, 3.63) is 23.5 Å². The van der Waals surface area contributed by atoms with Crippen molar-refractivity contribution in [2.75, 3.05) is 0 Å². The number of aromatic hydroxyl groups is 1. The van der Waals surface area contributed by atoms with Gasteiger partial charge in [-0.2, -0.15) is 0 Å². The smallest absolute Gasteiger partial charge is 0.303 e. The highest BCUT2D eigenvalue weighted by atomic mass is 16.4. The third-order valence-electron chi connectivity index (χ3n) is 2.61. The van der Waals surface area contributed by atoms with Gasteiger partial charge in [-0.25, -0.2) is 4.98 Å². The molecule has 0 aliphatic rings. The highest BCUT2D eigenvalue weighted by Crippen LogP contribution is 2.18. The average molecular weight is 281 g/mol. The number of hydrogen-bond donors (Lipinski definition) is 3. The van der Waals surface area contributed by atoms with E-state index in [2.05, 4.69) is 4.98 Å². The lowest BCUT2D eigenvalue weighted by Crippen LogP contribution is -2.07. The number of carboxylic acids is 2. The minimum absolute atomic E-state index is 0.0252. The molecular formula is C13H15NO6. The zero-order chi connectivity index (χ0) is 15.1. The van der Waals surface area contributed by atoms with Gasteiger partial charge < -0.3 is 15.3 Å². The first-order valence-electron chi connectivity index (χ1n) is 6.06. The van der Waals surface area contributed by atoms with Crippen LogP contribution in [-0.2, 0) is 16.0 Å². The molecule has 0 amide bonds. The van der Waals surface area contributed by atoms with Gasteiger partial charge in [0.25, 0.3) is 0 Å². The number of aliphatic carboxylic acids is 2. The van der Waals surface area contributed by atoms with E-state index in [4.69, 9.17) is 10.2 Å². The summed E-state index contributed by atoms with van der Waals surface area (Å²) >= 11 is 0. The Balaban J connectivity index is 2.70. The molecule has 0 spiro atoms. The summed E-state index contributed by atoms with van der Waals surface area (Å²) in [5.41, 5.74) is 0.255. The molecule has 0 aromatic carbocycles. The van der Waals surface area contributed by atoms with Crippen molar-refractivity contribution in [3.8, 4) is 5.75 Å². The topological polar surface area (TPSA) is 125 Å². The number of nitrogens with zero attached hydrogens (tertiary/aromatic N) is 1. The van der Waals surface area contributed by atoms with Gasteiger partial charge in [-0.3, -0.25) is 14.4 Å². The fourth-order valence-electron chi connectivity index (χ4n) is 1.59. The van der Waals surface area contributed by atoms with Gasteiger partial charge in [0, 0.05) is 19.3 Å². The second-order valence-corrected chi connectivity index (χ2v) is 4.23. The van der Waals surface area contributed by atoms with Crippen LogP contribution < -0.4 is 0 Å². The molecule has 0 aliphatic heterocycles. The van der Waals surface area contributed by atoms with Gasteiger partial charge in [-0.05, 0) is 18.6 Å². The van der Waals surface area contributed by atoms with E-state index in [1.165, 1.54) is 12.1 Å². The lowest BCUT2D eigenvalue weighted by molar-refractivity contribution is -0.138. The van der Waals surface area contributed by atoms with Crippen LogP contribution in [0.15, 0.2) is 12.1 Å². The van der Waals surface area contributed by atoms with E-state index in [0.29, 0.717) is 0 Å². The van der Waals surface area contributed by atoms with E-state index in [0.717, 1.165) is 0 Å². The number of aryl methyl sites for hydroxylation is 1. The van der Waals surface area contributed by atoms with Gasteiger partial charge in [0.1, 0.15) is 11.4 Å². The summed E-state index contributed by atoms with van der Waals surface area (Å²) in [7, 11) is 0. The van der Waals surface area contributed by atoms with Gasteiger partial charge in [-0.15, -0.1) is 0 Å². The summed E-state index contributed by atoms with van der Waals surface area (Å²) in [5, 5.41) is 26.6. The minimum atomic E-state index is -1.02. The van der Waals surface area contributed by atoms with Crippen molar-refractivity contribution >= 4 is 17.7 Å². The van der Waals surface area contributed by atoms with Gasteiger partial charge in [-0.1, -0.05) is 0 Å². The number of hydrogen-bond acceptors (Lipinski definition) is 5. The van der Waals surface area contributed by atoms with E-state index in [9.17, 15) is 19.5 Å². The van der Waals surface area contributed by atoms with Crippen molar-refractivity contribution in [2.24, 2.45) is 0 Å². The first kappa shape index (κ1) is 15.6. The molecule has 0 bridgehead atoms. The van der Waals surface area contributed by atoms with Crippen LogP contribution in [-0.4, -0.2) is 38.0 Å². The summed E-state index contributed by atoms with van der Waals surface area (Å²) in [6, 6.07) is 2.62. The van der Waals surface area contributed by atoms with Crippen LogP contribution in [0.5, 0.6) is 5.75 Å². The highest BCUT2D eigenvalue weighted by Gasteiger charge is 2.12. The maximum Gasteiger partial charge on any atom is 0.303 e. The third-order valence-corrected chi connectivity index (χ3v) is 2.61. The lowest BCUT2D eigenvalue weighted by Gasteiger charge is -2.05. The van der Waals surface area contributed by atoms with Crippen molar-refractivity contribution < 1.29 is 29.7 Å². The van der Waals surface area contributed by atoms with Crippen molar-refractivity contribution in [3.63, 3.8) is 0 Å². The number of aromatic nitrogens is 1. The van der Waals surface area contributed by atoms with Crippen LogP contribution >= 0.6 is 0 Å². The number of carbonyl (C=O) groups excluding carboxylic acids is 1. The van der Waals surface area contributed by atoms with Gasteiger partial charge in [0.2, 0.25) is 0 Å². The molecule has 0 unspecified atom stereocenters. The predicted molar refractivity (Wildman–Crippen MR) is 67.7 cm³/mol. The first-order chi connectivity index (χ1) is 9.40. The molecule has 0 radical (unpaired) electrons. The van der Waals surface area contributed by atoms with Crippen molar-refractivity contribution in [1.29, 1.82) is 0 Å². The molecule has 7 nitrogen and oxygen atoms in total. The summed E-state index contributed by atoms with van der Waals surface area (Å²) in [6.07, 6.45) is -0.0199. The number of carbonyl (C=O) groups is 3. The Hall–Kier alpha value is -2.44. The Morgan fingerprint density at radius 1 is 1.00 bits per heavy atom. The predicted octanol–water partition coefficient (Wildman–Crippen LogP) is 1.24. The monoisotopic (exact) mass is 281 g/mol. The molecule has 0 aliphatic carbocycles. The molecule has 1 heterocycles. The maximum absolute atomic E-state index is 11.8. The average Bonchev–Trinajstić information content (AvgIpc) is 2.37. The van der Waals surface area contributed by atoms with Gasteiger partial charge >= 0.3 is 11.9 Å². The van der Waals surface area contributed by atoms with E-state index >= 15 is 0 Å². The number of pyridine rings is 1. The van der Waals surface area contributed by atoms with Crippen LogP contribution in [0.25, 0.3) is 0 Å². The molecule has 0 atom stereocenters. The van der Waals surface area contributed by atoms with Gasteiger partial charge in [0.05, 0.1) is 12.1 Å². The molecule has 108 valence electrons. The molecular weight excluding hydrogens is 266 g/mol. The molecule has 0 saturated carbocycles.